The third-order valence-electron chi connectivity index (χ3n) is 3.70. The number of nitrogens with one attached hydrogen (secondary N) is 1. The Hall–Kier alpha value is -2.33. The third-order valence-corrected chi connectivity index (χ3v) is 4.03. The summed E-state index contributed by atoms with van der Waals surface area (Å²) in [6, 6.07) is 17.4. The average molecular weight is 329 g/mol. The smallest absolute Gasteiger partial charge is 0.264 e. The van der Waals surface area contributed by atoms with E-state index in [4.69, 9.17) is 16.4 Å². The van der Waals surface area contributed by atoms with E-state index in [2.05, 4.69) is 10.5 Å². The summed E-state index contributed by atoms with van der Waals surface area (Å²) < 4.78 is 0. The summed E-state index contributed by atoms with van der Waals surface area (Å²) in [5, 5.41) is 7.51. The summed E-state index contributed by atoms with van der Waals surface area (Å²) in [6.45, 7) is 0.574. The highest BCUT2D eigenvalue weighted by atomic mass is 35.5. The molecule has 0 radical (unpaired) electrons. The molecule has 1 atom stereocenters. The Morgan fingerprint density at radius 3 is 2.70 bits per heavy atom. The fourth-order valence-electron chi connectivity index (χ4n) is 2.46. The Morgan fingerprint density at radius 2 is 1.91 bits per heavy atom. The monoisotopic (exact) mass is 328 g/mol. The number of benzene rings is 2. The maximum Gasteiger partial charge on any atom is 0.264 e. The number of amides is 1. The van der Waals surface area contributed by atoms with Crippen LogP contribution in [0.4, 0.5) is 0 Å². The summed E-state index contributed by atoms with van der Waals surface area (Å²) in [5.41, 5.74) is 2.71. The molecular formula is C18H17ClN2O2. The quantitative estimate of drug-likeness (QED) is 0.916. The van der Waals surface area contributed by atoms with Gasteiger partial charge in [0.15, 0.2) is 0 Å². The van der Waals surface area contributed by atoms with Crippen molar-refractivity contribution in [3.63, 3.8) is 0 Å². The molecular weight excluding hydrogens is 312 g/mol. The lowest BCUT2D eigenvalue weighted by Crippen LogP contribution is -2.36. The predicted molar refractivity (Wildman–Crippen MR) is 90.6 cm³/mol. The molecule has 0 saturated heterocycles. The van der Waals surface area contributed by atoms with Crippen LogP contribution in [0.2, 0.25) is 5.02 Å². The van der Waals surface area contributed by atoms with Crippen LogP contribution >= 0.6 is 11.6 Å². The van der Waals surface area contributed by atoms with Gasteiger partial charge in [-0.25, -0.2) is 0 Å². The van der Waals surface area contributed by atoms with Crippen LogP contribution in [0.1, 0.15) is 17.5 Å². The minimum Gasteiger partial charge on any atom is -0.382 e. The van der Waals surface area contributed by atoms with Crippen molar-refractivity contribution in [2.75, 3.05) is 6.54 Å². The molecule has 0 saturated carbocycles. The van der Waals surface area contributed by atoms with Crippen LogP contribution in [0, 0.1) is 0 Å². The fourth-order valence-corrected chi connectivity index (χ4v) is 2.71. The standard InChI is InChI=1S/C18H17ClN2O2/c19-15-9-5-4-8-14(15)16-12-17(23-21-16)18(22)20-11-10-13-6-2-1-3-7-13/h1-9,17H,10-12H2,(H,20,22)/t17-/m1/s1. The molecule has 1 N–H and O–H groups in total. The zero-order valence-corrected chi connectivity index (χ0v) is 13.3. The lowest BCUT2D eigenvalue weighted by molar-refractivity contribution is -0.131. The van der Waals surface area contributed by atoms with Crippen LogP contribution in [0.5, 0.6) is 0 Å². The molecule has 0 spiro atoms. The molecule has 2 aromatic rings. The number of carbonyl (C=O) groups is 1. The first-order valence-corrected chi connectivity index (χ1v) is 7.91. The van der Waals surface area contributed by atoms with Gasteiger partial charge in [-0.1, -0.05) is 65.3 Å². The third kappa shape index (κ3) is 3.90. The Kier molecular flexibility index (Phi) is 4.93. The first-order chi connectivity index (χ1) is 11.2. The van der Waals surface area contributed by atoms with Gasteiger partial charge in [0, 0.05) is 23.6 Å². The summed E-state index contributed by atoms with van der Waals surface area (Å²) in [6.07, 6.45) is 0.635. The first-order valence-electron chi connectivity index (χ1n) is 7.53. The first kappa shape index (κ1) is 15.6. The largest absolute Gasteiger partial charge is 0.382 e. The van der Waals surface area contributed by atoms with Crippen LogP contribution < -0.4 is 5.32 Å². The van der Waals surface area contributed by atoms with Gasteiger partial charge in [-0.15, -0.1) is 0 Å². The molecule has 3 rings (SSSR count). The molecule has 118 valence electrons. The van der Waals surface area contributed by atoms with Gasteiger partial charge in [-0.2, -0.15) is 0 Å². The molecule has 0 bridgehead atoms. The second kappa shape index (κ2) is 7.29. The molecule has 4 nitrogen and oxygen atoms in total. The molecule has 0 aliphatic carbocycles. The highest BCUT2D eigenvalue weighted by Crippen LogP contribution is 2.22. The van der Waals surface area contributed by atoms with E-state index >= 15 is 0 Å². The number of carbonyl (C=O) groups excluding carboxylic acids is 1. The van der Waals surface area contributed by atoms with Crippen molar-refractivity contribution >= 4 is 23.2 Å². The molecule has 1 aliphatic heterocycles. The summed E-state index contributed by atoms with van der Waals surface area (Å²) >= 11 is 6.15. The zero-order chi connectivity index (χ0) is 16.1. The fraction of sp³-hybridized carbons (Fsp3) is 0.222. The van der Waals surface area contributed by atoms with E-state index in [1.165, 1.54) is 5.56 Å². The van der Waals surface area contributed by atoms with Gasteiger partial charge in [-0.3, -0.25) is 4.79 Å². The normalized spacial score (nSPS) is 16.6. The van der Waals surface area contributed by atoms with E-state index in [1.807, 2.05) is 48.5 Å². The average Bonchev–Trinajstić information content (AvgIpc) is 3.06. The highest BCUT2D eigenvalue weighted by Gasteiger charge is 2.29. The van der Waals surface area contributed by atoms with Gasteiger partial charge in [0.1, 0.15) is 0 Å². The van der Waals surface area contributed by atoms with Crippen molar-refractivity contribution in [3.8, 4) is 0 Å². The Bertz CT molecular complexity index is 716. The maximum atomic E-state index is 12.2. The predicted octanol–water partition coefficient (Wildman–Crippen LogP) is 3.19. The molecule has 1 heterocycles. The number of hydrogen-bond acceptors (Lipinski definition) is 3. The number of nitrogens with zero attached hydrogens (tertiary/aromatic N) is 1. The summed E-state index contributed by atoms with van der Waals surface area (Å²) in [5.74, 6) is -0.147. The van der Waals surface area contributed by atoms with Gasteiger partial charge in [0.05, 0.1) is 5.71 Å². The van der Waals surface area contributed by atoms with Crippen molar-refractivity contribution in [1.29, 1.82) is 0 Å². The lowest BCUT2D eigenvalue weighted by Gasteiger charge is -2.09. The molecule has 2 aromatic carbocycles. The highest BCUT2D eigenvalue weighted by molar-refractivity contribution is 6.34. The van der Waals surface area contributed by atoms with E-state index in [9.17, 15) is 4.79 Å². The molecule has 1 amide bonds. The van der Waals surface area contributed by atoms with Crippen molar-refractivity contribution in [2.24, 2.45) is 5.16 Å². The van der Waals surface area contributed by atoms with Crippen LogP contribution in [0.25, 0.3) is 0 Å². The molecule has 0 aromatic heterocycles. The van der Waals surface area contributed by atoms with Crippen LogP contribution in [-0.4, -0.2) is 24.3 Å². The molecule has 5 heteroatoms. The van der Waals surface area contributed by atoms with Crippen LogP contribution in [0.3, 0.4) is 0 Å². The van der Waals surface area contributed by atoms with E-state index in [1.54, 1.807) is 6.07 Å². The Morgan fingerprint density at radius 1 is 1.17 bits per heavy atom. The topological polar surface area (TPSA) is 50.7 Å². The molecule has 0 unspecified atom stereocenters. The van der Waals surface area contributed by atoms with E-state index in [0.717, 1.165) is 12.0 Å². The second-order valence-corrected chi connectivity index (χ2v) is 5.75. The van der Waals surface area contributed by atoms with E-state index in [0.29, 0.717) is 23.7 Å². The van der Waals surface area contributed by atoms with Crippen molar-refractivity contribution < 1.29 is 9.63 Å². The van der Waals surface area contributed by atoms with Crippen molar-refractivity contribution in [2.45, 2.75) is 18.9 Å². The summed E-state index contributed by atoms with van der Waals surface area (Å²) in [4.78, 5) is 17.4. The number of hydrogen-bond donors (Lipinski definition) is 1. The Labute approximate surface area is 140 Å². The minimum absolute atomic E-state index is 0.147. The van der Waals surface area contributed by atoms with Crippen molar-refractivity contribution in [3.05, 3.63) is 70.7 Å². The molecule has 23 heavy (non-hydrogen) atoms. The van der Waals surface area contributed by atoms with Crippen LogP contribution in [-0.2, 0) is 16.1 Å². The van der Waals surface area contributed by atoms with Crippen LogP contribution in [0.15, 0.2) is 59.8 Å². The van der Waals surface area contributed by atoms with Gasteiger partial charge < -0.3 is 10.2 Å². The van der Waals surface area contributed by atoms with Gasteiger partial charge in [0.25, 0.3) is 5.91 Å². The van der Waals surface area contributed by atoms with E-state index < -0.39 is 6.10 Å². The van der Waals surface area contributed by atoms with Gasteiger partial charge in [-0.05, 0) is 18.1 Å². The lowest BCUT2D eigenvalue weighted by atomic mass is 10.0. The minimum atomic E-state index is -0.586. The SMILES string of the molecule is O=C(NCCc1ccccc1)[C@H]1CC(c2ccccc2Cl)=NO1. The molecule has 0 fully saturated rings. The zero-order valence-electron chi connectivity index (χ0n) is 12.5. The number of rotatable bonds is 5. The maximum absolute atomic E-state index is 12.2. The van der Waals surface area contributed by atoms with E-state index in [-0.39, 0.29) is 5.91 Å². The van der Waals surface area contributed by atoms with Crippen molar-refractivity contribution in [1.82, 2.24) is 5.32 Å². The Balaban J connectivity index is 1.50. The number of oxime groups is 1. The second-order valence-electron chi connectivity index (χ2n) is 5.34. The summed E-state index contributed by atoms with van der Waals surface area (Å²) in [7, 11) is 0. The van der Waals surface area contributed by atoms with Gasteiger partial charge >= 0.3 is 0 Å². The van der Waals surface area contributed by atoms with Gasteiger partial charge in [0.2, 0.25) is 6.10 Å². The molecule has 1 aliphatic rings. The number of halogens is 1.